The molecule has 3 N–H and O–H groups in total. The summed E-state index contributed by atoms with van der Waals surface area (Å²) < 4.78 is 22.1. The molecule has 0 atom stereocenters. The Kier molecular flexibility index (Phi) is 5.49. The predicted octanol–water partition coefficient (Wildman–Crippen LogP) is 2.09. The third-order valence-electron chi connectivity index (χ3n) is 2.12. The van der Waals surface area contributed by atoms with E-state index < -0.39 is 16.1 Å². The van der Waals surface area contributed by atoms with Gasteiger partial charge in [0.1, 0.15) is 5.17 Å². The molecule has 0 heterocycles. The number of primary sulfonamides is 1. The first-order valence-electron chi connectivity index (χ1n) is 5.54. The molecule has 1 aromatic rings. The molecule has 0 radical (unpaired) electrons. The highest BCUT2D eigenvalue weighted by atomic mass is 35.5. The molecule has 1 rings (SSSR count). The molecule has 1 aromatic carbocycles. The molecule has 7 nitrogen and oxygen atoms in total. The van der Waals surface area contributed by atoms with Crippen LogP contribution in [0.1, 0.15) is 13.8 Å². The Bertz CT molecular complexity index is 611. The van der Waals surface area contributed by atoms with Crippen molar-refractivity contribution in [3.8, 4) is 0 Å². The third kappa shape index (κ3) is 5.16. The van der Waals surface area contributed by atoms with Crippen molar-refractivity contribution in [2.75, 3.05) is 5.32 Å². The first kappa shape index (κ1) is 16.4. The first-order valence-corrected chi connectivity index (χ1v) is 7.47. The summed E-state index contributed by atoms with van der Waals surface area (Å²) in [5.74, 6) is -0.0569. The van der Waals surface area contributed by atoms with E-state index in [0.29, 0.717) is 5.69 Å². The van der Waals surface area contributed by atoms with Gasteiger partial charge >= 0.3 is 6.09 Å². The summed E-state index contributed by atoms with van der Waals surface area (Å²) in [5.41, 5.74) is 0.332. The van der Waals surface area contributed by atoms with Gasteiger partial charge in [-0.15, -0.1) is 0 Å². The maximum absolute atomic E-state index is 11.4. The van der Waals surface area contributed by atoms with Crippen LogP contribution in [0.25, 0.3) is 0 Å². The summed E-state index contributed by atoms with van der Waals surface area (Å²) in [6, 6.07) is 5.26. The fraction of sp³-hybridized carbons (Fsp3) is 0.273. The largest absolute Gasteiger partial charge is 0.437 e. The number of amides is 1. The first-order chi connectivity index (χ1) is 9.20. The van der Waals surface area contributed by atoms with Gasteiger partial charge in [-0.05, 0) is 24.3 Å². The summed E-state index contributed by atoms with van der Waals surface area (Å²) in [6.45, 7) is 3.58. The lowest BCUT2D eigenvalue weighted by molar-refractivity contribution is 0.166. The number of rotatable bonds is 4. The van der Waals surface area contributed by atoms with Gasteiger partial charge in [0.05, 0.1) is 4.90 Å². The van der Waals surface area contributed by atoms with Crippen molar-refractivity contribution in [1.82, 2.24) is 0 Å². The van der Waals surface area contributed by atoms with Crippen molar-refractivity contribution in [1.29, 1.82) is 0 Å². The minimum Gasteiger partial charge on any atom is -0.297 e. The number of hydrogen-bond donors (Lipinski definition) is 2. The topological polar surface area (TPSA) is 111 Å². The molecule has 0 aromatic heterocycles. The van der Waals surface area contributed by atoms with Crippen molar-refractivity contribution in [3.63, 3.8) is 0 Å². The average Bonchev–Trinajstić information content (AvgIpc) is 2.35. The number of benzene rings is 1. The summed E-state index contributed by atoms with van der Waals surface area (Å²) in [7, 11) is -3.76. The number of hydrogen-bond acceptors (Lipinski definition) is 5. The number of sulfonamides is 1. The Balaban J connectivity index is 2.66. The van der Waals surface area contributed by atoms with Crippen LogP contribution in [-0.4, -0.2) is 19.7 Å². The van der Waals surface area contributed by atoms with Crippen molar-refractivity contribution in [3.05, 3.63) is 24.3 Å². The molecule has 0 aliphatic rings. The van der Waals surface area contributed by atoms with Crippen LogP contribution in [0.15, 0.2) is 34.3 Å². The van der Waals surface area contributed by atoms with Gasteiger partial charge in [-0.25, -0.2) is 18.4 Å². The van der Waals surface area contributed by atoms with E-state index in [2.05, 4.69) is 15.3 Å². The van der Waals surface area contributed by atoms with Gasteiger partial charge in [-0.1, -0.05) is 30.6 Å². The summed E-state index contributed by atoms with van der Waals surface area (Å²) in [6.07, 6.45) is -0.841. The van der Waals surface area contributed by atoms with Crippen LogP contribution in [0.4, 0.5) is 10.5 Å². The second-order valence-corrected chi connectivity index (χ2v) is 6.09. The van der Waals surface area contributed by atoms with E-state index in [4.69, 9.17) is 16.7 Å². The van der Waals surface area contributed by atoms with Crippen molar-refractivity contribution in [2.45, 2.75) is 18.7 Å². The van der Waals surface area contributed by atoms with E-state index in [1.807, 2.05) is 0 Å². The zero-order valence-corrected chi connectivity index (χ0v) is 12.4. The molecule has 0 fully saturated rings. The molecule has 0 aliphatic heterocycles. The monoisotopic (exact) mass is 319 g/mol. The van der Waals surface area contributed by atoms with Gasteiger partial charge in [-0.3, -0.25) is 10.2 Å². The highest BCUT2D eigenvalue weighted by Gasteiger charge is 2.09. The minimum absolute atomic E-state index is 0.0569. The minimum atomic E-state index is -3.76. The smallest absolute Gasteiger partial charge is 0.297 e. The number of nitrogens with zero attached hydrogens (tertiary/aromatic N) is 1. The molecule has 20 heavy (non-hydrogen) atoms. The van der Waals surface area contributed by atoms with E-state index in [-0.39, 0.29) is 16.0 Å². The summed E-state index contributed by atoms with van der Waals surface area (Å²) >= 11 is 5.70. The molecule has 0 saturated heterocycles. The third-order valence-corrected chi connectivity index (χ3v) is 3.56. The van der Waals surface area contributed by atoms with Crippen LogP contribution in [0.3, 0.4) is 0 Å². The second kappa shape index (κ2) is 6.69. The maximum atomic E-state index is 11.4. The van der Waals surface area contributed by atoms with Crippen LogP contribution in [0, 0.1) is 5.92 Å². The van der Waals surface area contributed by atoms with Gasteiger partial charge in [0, 0.05) is 11.6 Å². The number of halogens is 1. The number of anilines is 1. The SMILES string of the molecule is CC(C)/C(Cl)=N/OC(=O)Nc1ccc(S(N)(=O)=O)cc1. The molecule has 0 spiro atoms. The number of carbonyl (C=O) groups excluding carboxylic acids is 1. The molecule has 110 valence electrons. The van der Waals surface area contributed by atoms with Crippen LogP contribution in [0.5, 0.6) is 0 Å². The lowest BCUT2D eigenvalue weighted by Gasteiger charge is -2.05. The fourth-order valence-electron chi connectivity index (χ4n) is 1.06. The maximum Gasteiger partial charge on any atom is 0.437 e. The Morgan fingerprint density at radius 2 is 1.90 bits per heavy atom. The van der Waals surface area contributed by atoms with Gasteiger partial charge < -0.3 is 0 Å². The molecular formula is C11H14ClN3O4S. The lowest BCUT2D eigenvalue weighted by atomic mass is 10.2. The highest BCUT2D eigenvalue weighted by Crippen LogP contribution is 2.13. The molecule has 1 amide bonds. The molecule has 0 aliphatic carbocycles. The Morgan fingerprint density at radius 3 is 2.35 bits per heavy atom. The van der Waals surface area contributed by atoms with E-state index in [9.17, 15) is 13.2 Å². The quantitative estimate of drug-likeness (QED) is 0.503. The zero-order chi connectivity index (χ0) is 15.3. The number of oxime groups is 1. The summed E-state index contributed by atoms with van der Waals surface area (Å²) in [4.78, 5) is 15.9. The van der Waals surface area contributed by atoms with Crippen LogP contribution in [-0.2, 0) is 14.9 Å². The standard InChI is InChI=1S/C11H14ClN3O4S/c1-7(2)10(12)15-19-11(16)14-8-3-5-9(6-4-8)20(13,17)18/h3-7H,1-2H3,(H,14,16)(H2,13,17,18)/b15-10-. The Labute approximate surface area is 121 Å². The predicted molar refractivity (Wildman–Crippen MR) is 76.0 cm³/mol. The van der Waals surface area contributed by atoms with E-state index in [1.165, 1.54) is 24.3 Å². The van der Waals surface area contributed by atoms with Crippen molar-refractivity contribution in [2.24, 2.45) is 16.2 Å². The molecule has 0 unspecified atom stereocenters. The normalized spacial score (nSPS) is 12.3. The van der Waals surface area contributed by atoms with E-state index in [0.717, 1.165) is 0 Å². The van der Waals surface area contributed by atoms with Gasteiger partial charge in [-0.2, -0.15) is 0 Å². The highest BCUT2D eigenvalue weighted by molar-refractivity contribution is 7.89. The lowest BCUT2D eigenvalue weighted by Crippen LogP contribution is -2.14. The van der Waals surface area contributed by atoms with Gasteiger partial charge in [0.25, 0.3) is 0 Å². The molecular weight excluding hydrogens is 306 g/mol. The van der Waals surface area contributed by atoms with Crippen LogP contribution >= 0.6 is 11.6 Å². The summed E-state index contributed by atoms with van der Waals surface area (Å²) in [5, 5.41) is 10.9. The molecule has 0 bridgehead atoms. The van der Waals surface area contributed by atoms with E-state index >= 15 is 0 Å². The Morgan fingerprint density at radius 1 is 1.35 bits per heavy atom. The number of carbonyl (C=O) groups is 1. The van der Waals surface area contributed by atoms with Crippen molar-refractivity contribution < 1.29 is 18.0 Å². The fourth-order valence-corrected chi connectivity index (χ4v) is 1.61. The van der Waals surface area contributed by atoms with Gasteiger partial charge in [0.15, 0.2) is 0 Å². The number of nitrogens with one attached hydrogen (secondary N) is 1. The average molecular weight is 320 g/mol. The van der Waals surface area contributed by atoms with Crippen LogP contribution in [0.2, 0.25) is 0 Å². The van der Waals surface area contributed by atoms with E-state index in [1.54, 1.807) is 13.8 Å². The molecule has 0 saturated carbocycles. The second-order valence-electron chi connectivity index (χ2n) is 4.14. The number of nitrogens with two attached hydrogens (primary N) is 1. The molecule has 9 heteroatoms. The zero-order valence-electron chi connectivity index (χ0n) is 10.8. The van der Waals surface area contributed by atoms with Crippen molar-refractivity contribution >= 4 is 38.6 Å². The Hall–Kier alpha value is -1.64. The van der Waals surface area contributed by atoms with Gasteiger partial charge in [0.2, 0.25) is 10.0 Å². The van der Waals surface area contributed by atoms with Crippen LogP contribution < -0.4 is 10.5 Å².